The van der Waals surface area contributed by atoms with Crippen molar-refractivity contribution >= 4 is 11.6 Å². The van der Waals surface area contributed by atoms with E-state index in [-0.39, 0.29) is 0 Å². The Labute approximate surface area is 126 Å². The minimum absolute atomic E-state index is 0.570. The number of benzene rings is 1. The van der Waals surface area contributed by atoms with Crippen LogP contribution in [0.4, 0.5) is 0 Å². The van der Waals surface area contributed by atoms with Gasteiger partial charge in [-0.15, -0.1) is 0 Å². The highest BCUT2D eigenvalue weighted by Gasteiger charge is 2.36. The summed E-state index contributed by atoms with van der Waals surface area (Å²) in [6, 6.07) is 12.0. The molecular weight excluding hydrogens is 268 g/mol. The quantitative estimate of drug-likeness (QED) is 0.897. The Balaban J connectivity index is 1.64. The maximum Gasteiger partial charge on any atom is 0.0265 e. The lowest BCUT2D eigenvalue weighted by atomic mass is 9.99. The Kier molecular flexibility index (Phi) is 4.77. The van der Waals surface area contributed by atoms with Gasteiger partial charge in [0, 0.05) is 37.3 Å². The molecule has 1 N–H and O–H groups in total. The van der Waals surface area contributed by atoms with E-state index in [0.29, 0.717) is 12.1 Å². The van der Waals surface area contributed by atoms with Crippen molar-refractivity contribution in [2.45, 2.75) is 31.3 Å². The molecule has 1 aromatic carbocycles. The first-order valence-corrected chi connectivity index (χ1v) is 8.07. The molecule has 2 unspecified atom stereocenters. The zero-order valence-corrected chi connectivity index (χ0v) is 12.6. The van der Waals surface area contributed by atoms with Crippen LogP contribution in [-0.2, 0) is 6.42 Å². The van der Waals surface area contributed by atoms with Gasteiger partial charge in [-0.25, -0.2) is 0 Å². The van der Waals surface area contributed by atoms with Crippen molar-refractivity contribution in [3.63, 3.8) is 0 Å². The molecule has 0 spiro atoms. The van der Waals surface area contributed by atoms with Crippen LogP contribution in [0.2, 0.25) is 0 Å². The smallest absolute Gasteiger partial charge is 0.0265 e. The predicted octanol–water partition coefficient (Wildman–Crippen LogP) is 3.03. The first-order valence-electron chi connectivity index (χ1n) is 7.63. The molecule has 108 valence electrons. The lowest BCUT2D eigenvalue weighted by Gasteiger charge is -2.40. The molecule has 3 heteroatoms. The Morgan fingerprint density at radius 3 is 2.75 bits per heavy atom. The molecule has 1 saturated carbocycles. The SMILES string of the molecule is Cl/C=C/CN1CC(C2CC2)NCC1Cc1ccccc1. The molecule has 1 saturated heterocycles. The minimum atomic E-state index is 0.570. The topological polar surface area (TPSA) is 15.3 Å². The number of nitrogens with one attached hydrogen (secondary N) is 1. The van der Waals surface area contributed by atoms with Crippen molar-refractivity contribution in [2.75, 3.05) is 19.6 Å². The van der Waals surface area contributed by atoms with Crippen LogP contribution in [0, 0.1) is 5.92 Å². The molecule has 20 heavy (non-hydrogen) atoms. The van der Waals surface area contributed by atoms with Crippen molar-refractivity contribution in [3.8, 4) is 0 Å². The Bertz CT molecular complexity index is 442. The van der Waals surface area contributed by atoms with E-state index in [1.165, 1.54) is 18.4 Å². The summed E-state index contributed by atoms with van der Waals surface area (Å²) in [5.41, 5.74) is 3.07. The van der Waals surface area contributed by atoms with E-state index < -0.39 is 0 Å². The zero-order valence-electron chi connectivity index (χ0n) is 11.8. The largest absolute Gasteiger partial charge is 0.311 e. The van der Waals surface area contributed by atoms with E-state index in [9.17, 15) is 0 Å². The zero-order chi connectivity index (χ0) is 13.8. The lowest BCUT2D eigenvalue weighted by Crippen LogP contribution is -2.57. The normalized spacial score (nSPS) is 28.1. The van der Waals surface area contributed by atoms with Crippen molar-refractivity contribution < 1.29 is 0 Å². The van der Waals surface area contributed by atoms with E-state index in [2.05, 4.69) is 46.6 Å². The molecule has 1 aromatic rings. The second kappa shape index (κ2) is 6.75. The molecule has 0 aromatic heterocycles. The summed E-state index contributed by atoms with van der Waals surface area (Å²) in [4.78, 5) is 2.59. The summed E-state index contributed by atoms with van der Waals surface area (Å²) in [6.07, 6.45) is 5.98. The van der Waals surface area contributed by atoms with Crippen molar-refractivity contribution in [2.24, 2.45) is 5.92 Å². The number of hydrogen-bond acceptors (Lipinski definition) is 2. The maximum atomic E-state index is 5.72. The molecule has 2 aliphatic rings. The molecule has 0 bridgehead atoms. The molecule has 2 fully saturated rings. The third-order valence-corrected chi connectivity index (χ3v) is 4.68. The first-order chi connectivity index (χ1) is 9.86. The summed E-state index contributed by atoms with van der Waals surface area (Å²) < 4.78 is 0. The third-order valence-electron chi connectivity index (χ3n) is 4.50. The van der Waals surface area contributed by atoms with Gasteiger partial charge in [-0.05, 0) is 30.7 Å². The van der Waals surface area contributed by atoms with Gasteiger partial charge in [0.25, 0.3) is 0 Å². The average Bonchev–Trinajstić information content (AvgIpc) is 3.32. The number of rotatable bonds is 5. The first kappa shape index (κ1) is 14.1. The van der Waals surface area contributed by atoms with Crippen LogP contribution < -0.4 is 5.32 Å². The number of halogens is 1. The highest BCUT2D eigenvalue weighted by atomic mass is 35.5. The average molecular weight is 291 g/mol. The highest BCUT2D eigenvalue weighted by molar-refractivity contribution is 6.25. The Hall–Kier alpha value is -0.830. The molecule has 3 rings (SSSR count). The second-order valence-corrected chi connectivity index (χ2v) is 6.26. The van der Waals surface area contributed by atoms with Crippen LogP contribution in [0.5, 0.6) is 0 Å². The standard InChI is InChI=1S/C17H23ClN2/c18-9-4-10-20-13-17(15-7-8-15)19-12-16(20)11-14-5-2-1-3-6-14/h1-6,9,15-17,19H,7-8,10-13H2/b9-4+. The van der Waals surface area contributed by atoms with Crippen molar-refractivity contribution in [3.05, 3.63) is 47.5 Å². The number of piperazine rings is 1. The van der Waals surface area contributed by atoms with Crippen molar-refractivity contribution in [1.82, 2.24) is 10.2 Å². The molecule has 2 nitrogen and oxygen atoms in total. The van der Waals surface area contributed by atoms with Crippen LogP contribution in [0.25, 0.3) is 0 Å². The molecule has 2 atom stereocenters. The van der Waals surface area contributed by atoms with Gasteiger partial charge in [0.15, 0.2) is 0 Å². The van der Waals surface area contributed by atoms with Gasteiger partial charge in [0.2, 0.25) is 0 Å². The molecule has 0 amide bonds. The molecule has 1 aliphatic heterocycles. The van der Waals surface area contributed by atoms with Crippen LogP contribution in [-0.4, -0.2) is 36.6 Å². The van der Waals surface area contributed by atoms with Crippen molar-refractivity contribution in [1.29, 1.82) is 0 Å². The fraction of sp³-hybridized carbons (Fsp3) is 0.529. The number of hydrogen-bond donors (Lipinski definition) is 1. The molecule has 1 aliphatic carbocycles. The summed E-state index contributed by atoms with van der Waals surface area (Å²) in [7, 11) is 0. The molecule has 0 radical (unpaired) electrons. The third kappa shape index (κ3) is 3.63. The van der Waals surface area contributed by atoms with E-state index >= 15 is 0 Å². The lowest BCUT2D eigenvalue weighted by molar-refractivity contribution is 0.136. The van der Waals surface area contributed by atoms with Crippen LogP contribution in [0.1, 0.15) is 18.4 Å². The van der Waals surface area contributed by atoms with Gasteiger partial charge in [-0.1, -0.05) is 48.0 Å². The van der Waals surface area contributed by atoms with E-state index in [4.69, 9.17) is 11.6 Å². The number of nitrogens with zero attached hydrogens (tertiary/aromatic N) is 1. The fourth-order valence-corrected chi connectivity index (χ4v) is 3.26. The summed E-state index contributed by atoms with van der Waals surface area (Å²) >= 11 is 5.72. The Morgan fingerprint density at radius 1 is 1.25 bits per heavy atom. The Morgan fingerprint density at radius 2 is 2.05 bits per heavy atom. The van der Waals surface area contributed by atoms with Crippen LogP contribution in [0.3, 0.4) is 0 Å². The highest BCUT2D eigenvalue weighted by Crippen LogP contribution is 2.34. The maximum absolute atomic E-state index is 5.72. The minimum Gasteiger partial charge on any atom is -0.311 e. The fourth-order valence-electron chi connectivity index (χ4n) is 3.18. The summed E-state index contributed by atoms with van der Waals surface area (Å²) in [5.74, 6) is 0.912. The van der Waals surface area contributed by atoms with Gasteiger partial charge >= 0.3 is 0 Å². The van der Waals surface area contributed by atoms with Crippen LogP contribution in [0.15, 0.2) is 41.9 Å². The van der Waals surface area contributed by atoms with Gasteiger partial charge < -0.3 is 5.32 Å². The molecule has 1 heterocycles. The van der Waals surface area contributed by atoms with Gasteiger partial charge in [0.05, 0.1) is 0 Å². The van der Waals surface area contributed by atoms with Crippen LogP contribution >= 0.6 is 11.6 Å². The van der Waals surface area contributed by atoms with E-state index in [0.717, 1.165) is 32.0 Å². The molecular formula is C17H23ClN2. The van der Waals surface area contributed by atoms with E-state index in [1.54, 1.807) is 5.54 Å². The summed E-state index contributed by atoms with van der Waals surface area (Å²) in [5, 5.41) is 3.76. The van der Waals surface area contributed by atoms with Gasteiger partial charge in [-0.3, -0.25) is 4.90 Å². The van der Waals surface area contributed by atoms with E-state index in [1.807, 2.05) is 0 Å². The predicted molar refractivity (Wildman–Crippen MR) is 85.0 cm³/mol. The monoisotopic (exact) mass is 290 g/mol. The second-order valence-electron chi connectivity index (χ2n) is 6.01. The summed E-state index contributed by atoms with van der Waals surface area (Å²) in [6.45, 7) is 3.21. The van der Waals surface area contributed by atoms with Gasteiger partial charge in [-0.2, -0.15) is 0 Å². The van der Waals surface area contributed by atoms with Gasteiger partial charge in [0.1, 0.15) is 0 Å².